The van der Waals surface area contributed by atoms with Crippen LogP contribution in [-0.4, -0.2) is 42.9 Å². The van der Waals surface area contributed by atoms with E-state index in [-0.39, 0.29) is 17.4 Å². The molecule has 7 heteroatoms. The summed E-state index contributed by atoms with van der Waals surface area (Å²) < 4.78 is 13.9. The zero-order chi connectivity index (χ0) is 19.4. The second kappa shape index (κ2) is 8.39. The summed E-state index contributed by atoms with van der Waals surface area (Å²) in [7, 11) is 0. The quantitative estimate of drug-likeness (QED) is 0.865. The minimum Gasteiger partial charge on any atom is -0.366 e. The largest absolute Gasteiger partial charge is 0.366 e. The van der Waals surface area contributed by atoms with Gasteiger partial charge in [-0.15, -0.1) is 0 Å². The minimum absolute atomic E-state index is 0.0908. The van der Waals surface area contributed by atoms with Crippen LogP contribution in [0.25, 0.3) is 0 Å². The summed E-state index contributed by atoms with van der Waals surface area (Å²) in [5.74, 6) is -0.901. The Balaban J connectivity index is 1.72. The molecule has 2 aromatic carbocycles. The first kappa shape index (κ1) is 19.2. The number of hydrogen-bond acceptors (Lipinski definition) is 3. The van der Waals surface area contributed by atoms with Crippen LogP contribution in [0.2, 0.25) is 5.02 Å². The number of carbonyl (C=O) groups is 2. The van der Waals surface area contributed by atoms with E-state index >= 15 is 0 Å². The zero-order valence-electron chi connectivity index (χ0n) is 15.0. The standard InChI is InChI=1S/C20H21ClFN3O2/c1-2-19(26)23-17-13-14(21)7-8-18(17)24-9-11-25(12-10-24)20(27)15-5-3-4-6-16(15)22/h3-8,13H,2,9-12H2,1H3,(H,23,26). The van der Waals surface area contributed by atoms with E-state index in [1.54, 1.807) is 36.1 Å². The number of benzene rings is 2. The molecule has 0 unspecified atom stereocenters. The average molecular weight is 390 g/mol. The normalized spacial score (nSPS) is 14.2. The molecule has 0 aliphatic carbocycles. The third-order valence-corrected chi connectivity index (χ3v) is 4.80. The smallest absolute Gasteiger partial charge is 0.256 e. The van der Waals surface area contributed by atoms with Gasteiger partial charge in [0.2, 0.25) is 5.91 Å². The Bertz CT molecular complexity index is 851. The molecule has 0 atom stereocenters. The summed E-state index contributed by atoms with van der Waals surface area (Å²) >= 11 is 6.07. The number of piperazine rings is 1. The van der Waals surface area contributed by atoms with Gasteiger partial charge in [-0.1, -0.05) is 30.7 Å². The fraction of sp³-hybridized carbons (Fsp3) is 0.300. The maximum Gasteiger partial charge on any atom is 0.256 e. The zero-order valence-corrected chi connectivity index (χ0v) is 15.8. The first-order valence-corrected chi connectivity index (χ1v) is 9.25. The van der Waals surface area contributed by atoms with Crippen molar-refractivity contribution in [2.24, 2.45) is 0 Å². The Hall–Kier alpha value is -2.60. The molecule has 1 fully saturated rings. The van der Waals surface area contributed by atoms with Gasteiger partial charge in [0.1, 0.15) is 5.82 Å². The second-order valence-electron chi connectivity index (χ2n) is 6.32. The monoisotopic (exact) mass is 389 g/mol. The summed E-state index contributed by atoms with van der Waals surface area (Å²) in [5.41, 5.74) is 1.61. The van der Waals surface area contributed by atoms with Crippen molar-refractivity contribution in [2.75, 3.05) is 36.4 Å². The van der Waals surface area contributed by atoms with E-state index in [0.717, 1.165) is 5.69 Å². The number of anilines is 2. The highest BCUT2D eigenvalue weighted by molar-refractivity contribution is 6.31. The van der Waals surface area contributed by atoms with Crippen molar-refractivity contribution in [2.45, 2.75) is 13.3 Å². The van der Waals surface area contributed by atoms with E-state index in [1.807, 2.05) is 6.07 Å². The predicted molar refractivity (Wildman–Crippen MR) is 105 cm³/mol. The average Bonchev–Trinajstić information content (AvgIpc) is 2.68. The number of nitrogens with zero attached hydrogens (tertiary/aromatic N) is 2. The van der Waals surface area contributed by atoms with Gasteiger partial charge in [0.05, 0.1) is 16.9 Å². The maximum atomic E-state index is 13.9. The van der Waals surface area contributed by atoms with Gasteiger partial charge in [-0.3, -0.25) is 9.59 Å². The number of rotatable bonds is 4. The number of carbonyl (C=O) groups excluding carboxylic acids is 2. The molecule has 27 heavy (non-hydrogen) atoms. The Morgan fingerprint density at radius 1 is 1.11 bits per heavy atom. The Morgan fingerprint density at radius 2 is 1.81 bits per heavy atom. The molecular formula is C20H21ClFN3O2. The third kappa shape index (κ3) is 4.39. The summed E-state index contributed by atoms with van der Waals surface area (Å²) in [4.78, 5) is 28.1. The van der Waals surface area contributed by atoms with Gasteiger partial charge in [0.25, 0.3) is 5.91 Å². The van der Waals surface area contributed by atoms with Gasteiger partial charge in [0, 0.05) is 37.6 Å². The summed E-state index contributed by atoms with van der Waals surface area (Å²) in [6.45, 7) is 3.88. The molecule has 0 aromatic heterocycles. The van der Waals surface area contributed by atoms with Crippen molar-refractivity contribution in [1.82, 2.24) is 4.90 Å². The molecule has 1 aliphatic rings. The molecule has 5 nitrogen and oxygen atoms in total. The van der Waals surface area contributed by atoms with Gasteiger partial charge < -0.3 is 15.1 Å². The summed E-state index contributed by atoms with van der Waals surface area (Å²) in [6.07, 6.45) is 0.372. The molecule has 2 amide bonds. The number of halogens is 2. The van der Waals surface area contributed by atoms with Crippen LogP contribution in [-0.2, 0) is 4.79 Å². The van der Waals surface area contributed by atoms with Gasteiger partial charge in [-0.05, 0) is 30.3 Å². The van der Waals surface area contributed by atoms with E-state index in [4.69, 9.17) is 11.6 Å². The molecule has 1 aliphatic heterocycles. The molecule has 0 radical (unpaired) electrons. The minimum atomic E-state index is -0.507. The lowest BCUT2D eigenvalue weighted by molar-refractivity contribution is -0.115. The molecule has 0 bridgehead atoms. The van der Waals surface area contributed by atoms with Crippen molar-refractivity contribution in [1.29, 1.82) is 0 Å². The Morgan fingerprint density at radius 3 is 2.48 bits per heavy atom. The van der Waals surface area contributed by atoms with Crippen LogP contribution in [0.5, 0.6) is 0 Å². The van der Waals surface area contributed by atoms with E-state index in [2.05, 4.69) is 10.2 Å². The van der Waals surface area contributed by atoms with Crippen molar-refractivity contribution in [3.8, 4) is 0 Å². The predicted octanol–water partition coefficient (Wildman–Crippen LogP) is 3.79. The lowest BCUT2D eigenvalue weighted by Crippen LogP contribution is -2.49. The van der Waals surface area contributed by atoms with Crippen molar-refractivity contribution in [3.63, 3.8) is 0 Å². The second-order valence-corrected chi connectivity index (χ2v) is 6.76. The van der Waals surface area contributed by atoms with Crippen LogP contribution in [0, 0.1) is 5.82 Å². The number of amides is 2. The SMILES string of the molecule is CCC(=O)Nc1cc(Cl)ccc1N1CCN(C(=O)c2ccccc2F)CC1. The molecule has 1 saturated heterocycles. The van der Waals surface area contributed by atoms with Gasteiger partial charge in [-0.25, -0.2) is 4.39 Å². The van der Waals surface area contributed by atoms with E-state index in [9.17, 15) is 14.0 Å². The molecule has 0 spiro atoms. The number of hydrogen-bond donors (Lipinski definition) is 1. The lowest BCUT2D eigenvalue weighted by atomic mass is 10.1. The lowest BCUT2D eigenvalue weighted by Gasteiger charge is -2.37. The first-order chi connectivity index (χ1) is 13.0. The highest BCUT2D eigenvalue weighted by Crippen LogP contribution is 2.30. The molecular weight excluding hydrogens is 369 g/mol. The number of nitrogens with one attached hydrogen (secondary N) is 1. The highest BCUT2D eigenvalue weighted by Gasteiger charge is 2.25. The highest BCUT2D eigenvalue weighted by atomic mass is 35.5. The van der Waals surface area contributed by atoms with Gasteiger partial charge >= 0.3 is 0 Å². The molecule has 1 heterocycles. The fourth-order valence-corrected chi connectivity index (χ4v) is 3.25. The topological polar surface area (TPSA) is 52.7 Å². The van der Waals surface area contributed by atoms with Gasteiger partial charge in [0.15, 0.2) is 0 Å². The van der Waals surface area contributed by atoms with Crippen LogP contribution in [0.1, 0.15) is 23.7 Å². The van der Waals surface area contributed by atoms with E-state index < -0.39 is 5.82 Å². The molecule has 0 saturated carbocycles. The Kier molecular flexibility index (Phi) is 5.96. The van der Waals surface area contributed by atoms with Crippen molar-refractivity contribution in [3.05, 3.63) is 58.9 Å². The fourth-order valence-electron chi connectivity index (χ4n) is 3.08. The maximum absolute atomic E-state index is 13.9. The van der Waals surface area contributed by atoms with Crippen LogP contribution in [0.15, 0.2) is 42.5 Å². The Labute approximate surface area is 162 Å². The van der Waals surface area contributed by atoms with E-state index in [1.165, 1.54) is 12.1 Å². The first-order valence-electron chi connectivity index (χ1n) is 8.87. The van der Waals surface area contributed by atoms with Crippen LogP contribution in [0.3, 0.4) is 0 Å². The van der Waals surface area contributed by atoms with Gasteiger partial charge in [-0.2, -0.15) is 0 Å². The van der Waals surface area contributed by atoms with Crippen LogP contribution < -0.4 is 10.2 Å². The molecule has 142 valence electrons. The third-order valence-electron chi connectivity index (χ3n) is 4.57. The van der Waals surface area contributed by atoms with Crippen molar-refractivity contribution < 1.29 is 14.0 Å². The van der Waals surface area contributed by atoms with Crippen LogP contribution in [0.4, 0.5) is 15.8 Å². The van der Waals surface area contributed by atoms with Crippen LogP contribution >= 0.6 is 11.6 Å². The summed E-state index contributed by atoms with van der Waals surface area (Å²) in [6, 6.07) is 11.4. The van der Waals surface area contributed by atoms with E-state index in [0.29, 0.717) is 43.3 Å². The van der Waals surface area contributed by atoms with Crippen molar-refractivity contribution >= 4 is 34.8 Å². The molecule has 1 N–H and O–H groups in total. The molecule has 2 aromatic rings. The summed E-state index contributed by atoms with van der Waals surface area (Å²) in [5, 5.41) is 3.41. The molecule has 3 rings (SSSR count).